The first-order valence-corrected chi connectivity index (χ1v) is 13.1. The van der Waals surface area contributed by atoms with Crippen molar-refractivity contribution in [2.75, 3.05) is 6.61 Å². The van der Waals surface area contributed by atoms with Crippen LogP contribution in [0.5, 0.6) is 0 Å². The van der Waals surface area contributed by atoms with Crippen molar-refractivity contribution in [3.05, 3.63) is 23.8 Å². The molecule has 182 valence electrons. The molecule has 0 aromatic heterocycles. The Morgan fingerprint density at radius 1 is 1.19 bits per heavy atom. The highest BCUT2D eigenvalue weighted by molar-refractivity contribution is 5.29. The maximum absolute atomic E-state index is 11.6. The molecule has 0 aromatic carbocycles. The molecule has 4 aliphatic carbocycles. The lowest BCUT2D eigenvalue weighted by molar-refractivity contribution is -0.172. The van der Waals surface area contributed by atoms with Crippen LogP contribution >= 0.6 is 0 Å². The minimum absolute atomic E-state index is 0.00412. The highest BCUT2D eigenvalue weighted by Crippen LogP contribution is 2.67. The lowest BCUT2D eigenvalue weighted by atomic mass is 9.45. The number of hydrogen-bond acceptors (Lipinski definition) is 4. The van der Waals surface area contributed by atoms with Crippen LogP contribution in [0.25, 0.3) is 0 Å². The minimum Gasteiger partial charge on any atom is -0.396 e. The van der Waals surface area contributed by atoms with Crippen molar-refractivity contribution in [3.8, 4) is 0 Å². The lowest BCUT2D eigenvalue weighted by Gasteiger charge is -2.61. The van der Waals surface area contributed by atoms with E-state index in [0.717, 1.165) is 37.7 Å². The molecule has 0 unspecified atom stereocenters. The first kappa shape index (κ1) is 24.4. The van der Waals surface area contributed by atoms with Gasteiger partial charge in [0.05, 0.1) is 18.3 Å². The van der Waals surface area contributed by atoms with E-state index in [1.54, 1.807) is 0 Å². The van der Waals surface area contributed by atoms with Gasteiger partial charge in [-0.05, 0) is 80.5 Å². The van der Waals surface area contributed by atoms with E-state index < -0.39 is 23.7 Å². The van der Waals surface area contributed by atoms with Gasteiger partial charge in [-0.3, -0.25) is 0 Å². The average molecular weight is 447 g/mol. The summed E-state index contributed by atoms with van der Waals surface area (Å²) < 4.78 is 0. The van der Waals surface area contributed by atoms with Crippen LogP contribution < -0.4 is 0 Å². The van der Waals surface area contributed by atoms with Crippen LogP contribution in [0.15, 0.2) is 23.8 Å². The first-order valence-electron chi connectivity index (χ1n) is 13.1. The van der Waals surface area contributed by atoms with Gasteiger partial charge in [-0.1, -0.05) is 51.5 Å². The quantitative estimate of drug-likeness (QED) is 0.454. The molecule has 3 saturated carbocycles. The standard InChI is InChI=1S/C28H46O4/c1-16(2)17(3)6-7-18(4)22-10-11-23-21-9-8-19-12-20(30)13-25(32)27(19,5)26(21)24(31)14-28(22,23)15-29/h8,16,18,20-26,29-32H,3,6-7,9-15H2,1-2,4-5H3/t18-,20-,21+,22-,23+,24-,25+,26-,27-,28+/m1/s1. The molecule has 4 heteroatoms. The molecule has 3 fully saturated rings. The molecule has 4 N–H and O–H groups in total. The normalized spacial score (nSPS) is 46.8. The van der Waals surface area contributed by atoms with E-state index >= 15 is 0 Å². The molecule has 0 heterocycles. The molecule has 10 atom stereocenters. The van der Waals surface area contributed by atoms with Crippen molar-refractivity contribution in [1.29, 1.82) is 0 Å². The lowest BCUT2D eigenvalue weighted by Crippen LogP contribution is -2.61. The molecule has 4 aliphatic rings. The van der Waals surface area contributed by atoms with E-state index in [2.05, 4.69) is 40.3 Å². The molecule has 4 nitrogen and oxygen atoms in total. The Labute approximate surface area is 194 Å². The zero-order valence-corrected chi connectivity index (χ0v) is 20.6. The SMILES string of the molecule is C=C(CC[C@@H](C)[C@H]1CC[C@H]2[C@@H]3CC=C4C[C@@H](O)C[C@H](O)[C@]4(C)[C@H]3[C@H](O)C[C@]12CO)C(C)C. The average Bonchev–Trinajstić information content (AvgIpc) is 3.12. The summed E-state index contributed by atoms with van der Waals surface area (Å²) in [4.78, 5) is 0. The second-order valence-corrected chi connectivity index (χ2v) is 12.3. The number of aliphatic hydroxyl groups is 4. The Bertz CT molecular complexity index is 744. The molecule has 0 radical (unpaired) electrons. The van der Waals surface area contributed by atoms with Gasteiger partial charge in [0, 0.05) is 23.9 Å². The number of rotatable bonds is 6. The molecular formula is C28H46O4. The van der Waals surface area contributed by atoms with Crippen molar-refractivity contribution >= 4 is 0 Å². The topological polar surface area (TPSA) is 80.9 Å². The summed E-state index contributed by atoms with van der Waals surface area (Å²) in [7, 11) is 0. The second-order valence-electron chi connectivity index (χ2n) is 12.3. The van der Waals surface area contributed by atoms with Gasteiger partial charge in [-0.2, -0.15) is 0 Å². The molecule has 0 spiro atoms. The third kappa shape index (κ3) is 3.65. The Balaban J connectivity index is 1.60. The number of fused-ring (bicyclic) bond motifs is 5. The van der Waals surface area contributed by atoms with Crippen LogP contribution in [0.2, 0.25) is 0 Å². The molecular weight excluding hydrogens is 400 g/mol. The third-order valence-corrected chi connectivity index (χ3v) is 10.6. The molecule has 0 amide bonds. The maximum Gasteiger partial charge on any atom is 0.0659 e. The summed E-state index contributed by atoms with van der Waals surface area (Å²) in [6.07, 6.45) is 7.49. The number of allylic oxidation sites excluding steroid dienone is 2. The fourth-order valence-corrected chi connectivity index (χ4v) is 8.70. The van der Waals surface area contributed by atoms with Gasteiger partial charge in [0.2, 0.25) is 0 Å². The maximum atomic E-state index is 11.6. The van der Waals surface area contributed by atoms with Gasteiger partial charge in [0.1, 0.15) is 0 Å². The Morgan fingerprint density at radius 2 is 1.91 bits per heavy atom. The number of hydrogen-bond donors (Lipinski definition) is 4. The predicted octanol–water partition coefficient (Wildman–Crippen LogP) is 4.47. The monoisotopic (exact) mass is 446 g/mol. The molecule has 4 rings (SSSR count). The second kappa shape index (κ2) is 8.83. The van der Waals surface area contributed by atoms with Crippen LogP contribution in [0.4, 0.5) is 0 Å². The van der Waals surface area contributed by atoms with E-state index in [4.69, 9.17) is 0 Å². The first-order chi connectivity index (χ1) is 15.1. The van der Waals surface area contributed by atoms with Gasteiger partial charge >= 0.3 is 0 Å². The summed E-state index contributed by atoms with van der Waals surface area (Å²) in [6.45, 7) is 13.3. The van der Waals surface area contributed by atoms with E-state index in [1.165, 1.54) is 5.57 Å². The zero-order chi connectivity index (χ0) is 23.4. The fourth-order valence-electron chi connectivity index (χ4n) is 8.70. The van der Waals surface area contributed by atoms with Crippen LogP contribution in [0.1, 0.15) is 79.1 Å². The summed E-state index contributed by atoms with van der Waals surface area (Å²) in [5.74, 6) is 2.09. The van der Waals surface area contributed by atoms with Crippen LogP contribution in [-0.2, 0) is 0 Å². The van der Waals surface area contributed by atoms with Gasteiger partial charge < -0.3 is 20.4 Å². The van der Waals surface area contributed by atoms with Gasteiger partial charge in [0.15, 0.2) is 0 Å². The summed E-state index contributed by atoms with van der Waals surface area (Å²) in [6, 6.07) is 0. The molecule has 0 saturated heterocycles. The van der Waals surface area contributed by atoms with E-state index in [1.807, 2.05) is 0 Å². The minimum atomic E-state index is -0.625. The predicted molar refractivity (Wildman–Crippen MR) is 128 cm³/mol. The highest BCUT2D eigenvalue weighted by Gasteiger charge is 2.65. The largest absolute Gasteiger partial charge is 0.396 e. The Morgan fingerprint density at radius 3 is 2.56 bits per heavy atom. The summed E-state index contributed by atoms with van der Waals surface area (Å²) in [5.41, 5.74) is 1.75. The summed E-state index contributed by atoms with van der Waals surface area (Å²) >= 11 is 0. The van der Waals surface area contributed by atoms with Crippen LogP contribution in [0, 0.1) is 46.3 Å². The van der Waals surface area contributed by atoms with Crippen molar-refractivity contribution < 1.29 is 20.4 Å². The smallest absolute Gasteiger partial charge is 0.0659 e. The molecule has 0 aliphatic heterocycles. The van der Waals surface area contributed by atoms with Gasteiger partial charge in [-0.25, -0.2) is 0 Å². The van der Waals surface area contributed by atoms with Gasteiger partial charge in [0.25, 0.3) is 0 Å². The van der Waals surface area contributed by atoms with E-state index in [9.17, 15) is 20.4 Å². The molecule has 0 aromatic rings. The Hall–Kier alpha value is -0.680. The fraction of sp³-hybridized carbons (Fsp3) is 0.857. The van der Waals surface area contributed by atoms with Gasteiger partial charge in [-0.15, -0.1) is 0 Å². The van der Waals surface area contributed by atoms with Crippen LogP contribution in [0.3, 0.4) is 0 Å². The Kier molecular flexibility index (Phi) is 6.75. The van der Waals surface area contributed by atoms with E-state index in [0.29, 0.717) is 42.9 Å². The third-order valence-electron chi connectivity index (χ3n) is 10.6. The van der Waals surface area contributed by atoms with Crippen molar-refractivity contribution in [2.45, 2.75) is 97.4 Å². The molecule has 0 bridgehead atoms. The van der Waals surface area contributed by atoms with Crippen molar-refractivity contribution in [1.82, 2.24) is 0 Å². The van der Waals surface area contributed by atoms with Crippen molar-refractivity contribution in [2.24, 2.45) is 46.3 Å². The zero-order valence-electron chi connectivity index (χ0n) is 20.6. The summed E-state index contributed by atoms with van der Waals surface area (Å²) in [5, 5.41) is 43.7. The highest BCUT2D eigenvalue weighted by atomic mass is 16.3. The number of aliphatic hydroxyl groups excluding tert-OH is 4. The van der Waals surface area contributed by atoms with E-state index in [-0.39, 0.29) is 23.9 Å². The van der Waals surface area contributed by atoms with Crippen LogP contribution in [-0.4, -0.2) is 45.3 Å². The van der Waals surface area contributed by atoms with Crippen molar-refractivity contribution in [3.63, 3.8) is 0 Å². The molecule has 32 heavy (non-hydrogen) atoms.